The Morgan fingerprint density at radius 1 is 1.00 bits per heavy atom. The van der Waals surface area contributed by atoms with Crippen molar-refractivity contribution < 1.29 is 13.2 Å². The summed E-state index contributed by atoms with van der Waals surface area (Å²) < 4.78 is 25.3. The number of rotatable bonds is 5. The maximum atomic E-state index is 12.4. The predicted octanol–water partition coefficient (Wildman–Crippen LogP) is 2.96. The molecule has 1 aliphatic heterocycles. The van der Waals surface area contributed by atoms with Crippen LogP contribution in [0.3, 0.4) is 0 Å². The van der Waals surface area contributed by atoms with Crippen molar-refractivity contribution in [3.05, 3.63) is 48.2 Å². The van der Waals surface area contributed by atoms with Gasteiger partial charge in [0.2, 0.25) is 10.0 Å². The number of anilines is 2. The minimum Gasteiger partial charge on any atom is -0.357 e. The van der Waals surface area contributed by atoms with Crippen molar-refractivity contribution >= 4 is 27.4 Å². The first kappa shape index (κ1) is 20.3. The average molecular weight is 403 g/mol. The van der Waals surface area contributed by atoms with Gasteiger partial charge in [0.1, 0.15) is 5.82 Å². The highest BCUT2D eigenvalue weighted by Crippen LogP contribution is 2.20. The van der Waals surface area contributed by atoms with E-state index in [0.29, 0.717) is 11.3 Å². The molecule has 1 aromatic heterocycles. The lowest BCUT2D eigenvalue weighted by atomic mass is 10.2. The third kappa shape index (κ3) is 4.69. The van der Waals surface area contributed by atoms with Crippen LogP contribution < -0.4 is 10.2 Å². The van der Waals surface area contributed by atoms with E-state index in [1.165, 1.54) is 64.0 Å². The van der Waals surface area contributed by atoms with E-state index in [1.807, 2.05) is 12.1 Å². The maximum Gasteiger partial charge on any atom is 0.255 e. The van der Waals surface area contributed by atoms with Crippen LogP contribution in [-0.2, 0) is 10.0 Å². The monoisotopic (exact) mass is 402 g/mol. The number of aromatic nitrogens is 1. The lowest BCUT2D eigenvalue weighted by Crippen LogP contribution is -2.24. The summed E-state index contributed by atoms with van der Waals surface area (Å²) in [6, 6.07) is 9.65. The van der Waals surface area contributed by atoms with E-state index < -0.39 is 10.0 Å². The van der Waals surface area contributed by atoms with E-state index >= 15 is 0 Å². The highest BCUT2D eigenvalue weighted by molar-refractivity contribution is 7.89. The SMILES string of the molecule is CN(C)S(=O)(=O)c1ccc(C(=O)Nc2ccc(N3CCCCCC3)nc2)cc1. The van der Waals surface area contributed by atoms with E-state index in [1.54, 1.807) is 6.20 Å². The van der Waals surface area contributed by atoms with Gasteiger partial charge in [-0.05, 0) is 49.2 Å². The summed E-state index contributed by atoms with van der Waals surface area (Å²) in [6.45, 7) is 2.03. The molecule has 0 spiro atoms. The number of benzene rings is 1. The molecule has 28 heavy (non-hydrogen) atoms. The molecule has 0 bridgehead atoms. The van der Waals surface area contributed by atoms with Crippen molar-refractivity contribution in [3.63, 3.8) is 0 Å². The van der Waals surface area contributed by atoms with Crippen LogP contribution in [0.4, 0.5) is 11.5 Å². The van der Waals surface area contributed by atoms with Crippen molar-refractivity contribution in [1.29, 1.82) is 0 Å². The van der Waals surface area contributed by atoms with Crippen LogP contribution in [0.5, 0.6) is 0 Å². The molecule has 1 fully saturated rings. The van der Waals surface area contributed by atoms with Crippen molar-refractivity contribution in [2.24, 2.45) is 0 Å². The van der Waals surface area contributed by atoms with Crippen LogP contribution in [0.1, 0.15) is 36.0 Å². The standard InChI is InChI=1S/C20H26N4O3S/c1-23(2)28(26,27)18-10-7-16(8-11-18)20(25)22-17-9-12-19(21-15-17)24-13-5-3-4-6-14-24/h7-12,15H,3-6,13-14H2,1-2H3,(H,22,25). The molecule has 2 aromatic rings. The Labute approximate surface area is 166 Å². The minimum absolute atomic E-state index is 0.150. The second kappa shape index (κ2) is 8.70. The highest BCUT2D eigenvalue weighted by Gasteiger charge is 2.17. The number of nitrogens with zero attached hydrogens (tertiary/aromatic N) is 3. The van der Waals surface area contributed by atoms with Gasteiger partial charge < -0.3 is 10.2 Å². The van der Waals surface area contributed by atoms with Crippen molar-refractivity contribution in [1.82, 2.24) is 9.29 Å². The van der Waals surface area contributed by atoms with E-state index in [4.69, 9.17) is 0 Å². The molecule has 7 nitrogen and oxygen atoms in total. The Balaban J connectivity index is 1.66. The summed E-state index contributed by atoms with van der Waals surface area (Å²) in [5, 5.41) is 2.80. The van der Waals surface area contributed by atoms with Crippen molar-refractivity contribution in [2.75, 3.05) is 37.4 Å². The maximum absolute atomic E-state index is 12.4. The molecule has 1 N–H and O–H groups in total. The molecule has 0 saturated carbocycles. The Morgan fingerprint density at radius 2 is 1.64 bits per heavy atom. The molecular weight excluding hydrogens is 376 g/mol. The van der Waals surface area contributed by atoms with Crippen LogP contribution in [-0.4, -0.2) is 50.8 Å². The molecule has 1 aliphatic rings. The molecule has 1 aromatic carbocycles. The lowest BCUT2D eigenvalue weighted by molar-refractivity contribution is 0.102. The van der Waals surface area contributed by atoms with Gasteiger partial charge in [-0.15, -0.1) is 0 Å². The van der Waals surface area contributed by atoms with Gasteiger partial charge in [0.05, 0.1) is 16.8 Å². The largest absolute Gasteiger partial charge is 0.357 e. The van der Waals surface area contributed by atoms with Gasteiger partial charge in [-0.3, -0.25) is 4.79 Å². The number of pyridine rings is 1. The average Bonchev–Trinajstić information content (AvgIpc) is 2.98. The van der Waals surface area contributed by atoms with Gasteiger partial charge >= 0.3 is 0 Å². The van der Waals surface area contributed by atoms with Crippen LogP contribution >= 0.6 is 0 Å². The number of amides is 1. The van der Waals surface area contributed by atoms with Crippen LogP contribution in [0.25, 0.3) is 0 Å². The van der Waals surface area contributed by atoms with Gasteiger partial charge in [-0.25, -0.2) is 17.7 Å². The van der Waals surface area contributed by atoms with E-state index in [9.17, 15) is 13.2 Å². The normalized spacial score (nSPS) is 15.3. The summed E-state index contributed by atoms with van der Waals surface area (Å²) in [5.74, 6) is 0.622. The number of hydrogen-bond acceptors (Lipinski definition) is 5. The summed E-state index contributed by atoms with van der Waals surface area (Å²) in [5.41, 5.74) is 0.989. The minimum atomic E-state index is -3.51. The van der Waals surface area contributed by atoms with Gasteiger partial charge in [-0.1, -0.05) is 12.8 Å². The van der Waals surface area contributed by atoms with Crippen LogP contribution in [0.2, 0.25) is 0 Å². The highest BCUT2D eigenvalue weighted by atomic mass is 32.2. The molecular formula is C20H26N4O3S. The number of hydrogen-bond donors (Lipinski definition) is 1. The van der Waals surface area contributed by atoms with Crippen molar-refractivity contribution in [2.45, 2.75) is 30.6 Å². The van der Waals surface area contributed by atoms with E-state index in [0.717, 1.165) is 23.2 Å². The number of carbonyl (C=O) groups is 1. The lowest BCUT2D eigenvalue weighted by Gasteiger charge is -2.21. The van der Waals surface area contributed by atoms with E-state index in [2.05, 4.69) is 15.2 Å². The molecule has 1 saturated heterocycles. The molecule has 2 heterocycles. The molecule has 3 rings (SSSR count). The quantitative estimate of drug-likeness (QED) is 0.831. The second-order valence-corrected chi connectivity index (χ2v) is 9.22. The number of nitrogens with one attached hydrogen (secondary N) is 1. The van der Waals surface area contributed by atoms with Crippen LogP contribution in [0, 0.1) is 0 Å². The molecule has 0 atom stereocenters. The Hall–Kier alpha value is -2.45. The Morgan fingerprint density at radius 3 is 2.18 bits per heavy atom. The third-order valence-electron chi connectivity index (χ3n) is 4.83. The summed E-state index contributed by atoms with van der Waals surface area (Å²) >= 11 is 0. The van der Waals surface area contributed by atoms with Crippen LogP contribution in [0.15, 0.2) is 47.5 Å². The summed E-state index contributed by atoms with van der Waals surface area (Å²) in [6.07, 6.45) is 6.54. The van der Waals surface area contributed by atoms with Gasteiger partial charge in [0, 0.05) is 32.7 Å². The Kier molecular flexibility index (Phi) is 6.31. The summed E-state index contributed by atoms with van der Waals surface area (Å²) in [4.78, 5) is 19.3. The first-order valence-electron chi connectivity index (χ1n) is 9.43. The summed E-state index contributed by atoms with van der Waals surface area (Å²) in [7, 11) is -0.568. The Bertz CT molecular complexity index is 901. The fourth-order valence-electron chi connectivity index (χ4n) is 3.14. The zero-order chi connectivity index (χ0) is 20.1. The van der Waals surface area contributed by atoms with E-state index in [-0.39, 0.29) is 10.8 Å². The fraction of sp³-hybridized carbons (Fsp3) is 0.400. The molecule has 8 heteroatoms. The molecule has 1 amide bonds. The molecule has 0 aliphatic carbocycles. The predicted molar refractivity (Wildman–Crippen MR) is 110 cm³/mol. The molecule has 150 valence electrons. The molecule has 0 unspecified atom stereocenters. The zero-order valence-corrected chi connectivity index (χ0v) is 17.1. The van der Waals surface area contributed by atoms with Gasteiger partial charge in [0.25, 0.3) is 5.91 Å². The van der Waals surface area contributed by atoms with Gasteiger partial charge in [-0.2, -0.15) is 0 Å². The second-order valence-electron chi connectivity index (χ2n) is 7.07. The fourth-order valence-corrected chi connectivity index (χ4v) is 4.04. The third-order valence-corrected chi connectivity index (χ3v) is 6.66. The first-order chi connectivity index (χ1) is 13.4. The van der Waals surface area contributed by atoms with Crippen molar-refractivity contribution in [3.8, 4) is 0 Å². The first-order valence-corrected chi connectivity index (χ1v) is 10.9. The zero-order valence-electron chi connectivity index (χ0n) is 16.3. The number of sulfonamides is 1. The molecule has 0 radical (unpaired) electrons. The van der Waals surface area contributed by atoms with Gasteiger partial charge in [0.15, 0.2) is 0 Å². The topological polar surface area (TPSA) is 82.6 Å². The smallest absolute Gasteiger partial charge is 0.255 e. The number of carbonyl (C=O) groups excluding carboxylic acids is 1.